The number of nitrogens with zero attached hydrogens (tertiary/aromatic N) is 1. The predicted octanol–water partition coefficient (Wildman–Crippen LogP) is 2.62. The Hall–Kier alpha value is -1.35. The van der Waals surface area contributed by atoms with Gasteiger partial charge in [0.05, 0.1) is 6.54 Å². The van der Waals surface area contributed by atoms with Gasteiger partial charge < -0.3 is 4.90 Å². The lowest BCUT2D eigenvalue weighted by atomic mass is 10.1. The van der Waals surface area contributed by atoms with Gasteiger partial charge >= 0.3 is 0 Å². The van der Waals surface area contributed by atoms with E-state index in [9.17, 15) is 4.79 Å². The first-order valence-corrected chi connectivity index (χ1v) is 6.82. The minimum atomic E-state index is 0.0648. The SMILES string of the molecule is CCCCCN1C(=O)CNC1c1ccc(C)cc1. The second kappa shape index (κ2) is 6.01. The summed E-state index contributed by atoms with van der Waals surface area (Å²) in [6.45, 7) is 5.58. The molecule has 0 aliphatic carbocycles. The summed E-state index contributed by atoms with van der Waals surface area (Å²) in [5.41, 5.74) is 2.43. The maximum atomic E-state index is 11.9. The zero-order chi connectivity index (χ0) is 13.0. The molecule has 1 heterocycles. The summed E-state index contributed by atoms with van der Waals surface area (Å²) in [4.78, 5) is 13.9. The van der Waals surface area contributed by atoms with Crippen LogP contribution in [0, 0.1) is 6.92 Å². The minimum Gasteiger partial charge on any atom is -0.322 e. The van der Waals surface area contributed by atoms with Gasteiger partial charge in [0.25, 0.3) is 0 Å². The Morgan fingerprint density at radius 1 is 1.28 bits per heavy atom. The van der Waals surface area contributed by atoms with Gasteiger partial charge in [-0.3, -0.25) is 10.1 Å². The molecule has 18 heavy (non-hydrogen) atoms. The van der Waals surface area contributed by atoms with E-state index >= 15 is 0 Å². The van der Waals surface area contributed by atoms with Gasteiger partial charge in [0.2, 0.25) is 5.91 Å². The summed E-state index contributed by atoms with van der Waals surface area (Å²) < 4.78 is 0. The van der Waals surface area contributed by atoms with Gasteiger partial charge in [-0.05, 0) is 18.9 Å². The molecule has 1 aromatic rings. The Kier molecular flexibility index (Phi) is 4.37. The molecule has 3 heteroatoms. The molecule has 98 valence electrons. The van der Waals surface area contributed by atoms with E-state index in [-0.39, 0.29) is 12.1 Å². The van der Waals surface area contributed by atoms with E-state index in [0.717, 1.165) is 13.0 Å². The summed E-state index contributed by atoms with van der Waals surface area (Å²) in [6, 6.07) is 8.42. The van der Waals surface area contributed by atoms with Crippen LogP contribution in [0.15, 0.2) is 24.3 Å². The Morgan fingerprint density at radius 3 is 2.67 bits per heavy atom. The first kappa shape index (κ1) is 13.1. The molecule has 0 spiro atoms. The van der Waals surface area contributed by atoms with Gasteiger partial charge in [-0.1, -0.05) is 49.6 Å². The topological polar surface area (TPSA) is 32.3 Å². The second-order valence-corrected chi connectivity index (χ2v) is 4.99. The third-order valence-corrected chi connectivity index (χ3v) is 3.47. The molecule has 1 atom stereocenters. The Balaban J connectivity index is 2.06. The number of rotatable bonds is 5. The third kappa shape index (κ3) is 2.91. The van der Waals surface area contributed by atoms with Crippen molar-refractivity contribution < 1.29 is 4.79 Å². The van der Waals surface area contributed by atoms with Gasteiger partial charge in [0.1, 0.15) is 6.17 Å². The lowest BCUT2D eigenvalue weighted by molar-refractivity contribution is -0.128. The number of carbonyl (C=O) groups is 1. The van der Waals surface area contributed by atoms with Crippen molar-refractivity contribution in [3.8, 4) is 0 Å². The maximum absolute atomic E-state index is 11.9. The number of hydrogen-bond donors (Lipinski definition) is 1. The lowest BCUT2D eigenvalue weighted by Gasteiger charge is -2.24. The average molecular weight is 246 g/mol. The molecule has 1 aliphatic rings. The number of amides is 1. The highest BCUT2D eigenvalue weighted by molar-refractivity contribution is 5.80. The number of benzene rings is 1. The monoisotopic (exact) mass is 246 g/mol. The van der Waals surface area contributed by atoms with Crippen molar-refractivity contribution in [2.75, 3.05) is 13.1 Å². The highest BCUT2D eigenvalue weighted by Gasteiger charge is 2.30. The highest BCUT2D eigenvalue weighted by atomic mass is 16.2. The van der Waals surface area contributed by atoms with E-state index in [1.807, 2.05) is 4.90 Å². The van der Waals surface area contributed by atoms with Gasteiger partial charge in [-0.2, -0.15) is 0 Å². The summed E-state index contributed by atoms with van der Waals surface area (Å²) >= 11 is 0. The largest absolute Gasteiger partial charge is 0.322 e. The highest BCUT2D eigenvalue weighted by Crippen LogP contribution is 2.23. The van der Waals surface area contributed by atoms with Gasteiger partial charge in [0, 0.05) is 6.54 Å². The standard InChI is InChI=1S/C15H22N2O/c1-3-4-5-10-17-14(18)11-16-15(17)13-8-6-12(2)7-9-13/h6-9,15-16H,3-5,10-11H2,1-2H3. The van der Waals surface area contributed by atoms with E-state index in [2.05, 4.69) is 43.4 Å². The zero-order valence-corrected chi connectivity index (χ0v) is 11.3. The summed E-state index contributed by atoms with van der Waals surface area (Å²) in [5, 5.41) is 3.30. The second-order valence-electron chi connectivity index (χ2n) is 4.99. The minimum absolute atomic E-state index is 0.0648. The molecule has 2 rings (SSSR count). The molecule has 0 saturated carbocycles. The van der Waals surface area contributed by atoms with Crippen LogP contribution in [0.5, 0.6) is 0 Å². The quantitative estimate of drug-likeness (QED) is 0.810. The van der Waals surface area contributed by atoms with E-state index in [1.54, 1.807) is 0 Å². The molecule has 0 aromatic heterocycles. The van der Waals surface area contributed by atoms with E-state index in [1.165, 1.54) is 24.0 Å². The van der Waals surface area contributed by atoms with Crippen molar-refractivity contribution in [1.82, 2.24) is 10.2 Å². The molecule has 1 aromatic carbocycles. The van der Waals surface area contributed by atoms with Gasteiger partial charge in [-0.15, -0.1) is 0 Å². The molecule has 0 radical (unpaired) electrons. The van der Waals surface area contributed by atoms with Crippen LogP contribution in [0.1, 0.15) is 43.5 Å². The molecule has 1 saturated heterocycles. The fourth-order valence-corrected chi connectivity index (χ4v) is 2.37. The van der Waals surface area contributed by atoms with Crippen LogP contribution in [-0.2, 0) is 4.79 Å². The van der Waals surface area contributed by atoms with Crippen LogP contribution >= 0.6 is 0 Å². The Bertz CT molecular complexity index is 399. The first-order chi connectivity index (χ1) is 8.72. The molecule has 1 amide bonds. The molecule has 3 nitrogen and oxygen atoms in total. The van der Waals surface area contributed by atoms with E-state index in [0.29, 0.717) is 6.54 Å². The summed E-state index contributed by atoms with van der Waals surface area (Å²) in [5.74, 6) is 0.219. The smallest absolute Gasteiger partial charge is 0.238 e. The first-order valence-electron chi connectivity index (χ1n) is 6.82. The third-order valence-electron chi connectivity index (χ3n) is 3.47. The fourth-order valence-electron chi connectivity index (χ4n) is 2.37. The van der Waals surface area contributed by atoms with Crippen molar-refractivity contribution in [3.63, 3.8) is 0 Å². The summed E-state index contributed by atoms with van der Waals surface area (Å²) in [7, 11) is 0. The van der Waals surface area contributed by atoms with Crippen LogP contribution in [0.2, 0.25) is 0 Å². The number of nitrogens with one attached hydrogen (secondary N) is 1. The molecular weight excluding hydrogens is 224 g/mol. The number of hydrogen-bond acceptors (Lipinski definition) is 2. The number of carbonyl (C=O) groups excluding carboxylic acids is 1. The van der Waals surface area contributed by atoms with Crippen molar-refractivity contribution in [3.05, 3.63) is 35.4 Å². The zero-order valence-electron chi connectivity index (χ0n) is 11.3. The van der Waals surface area contributed by atoms with Crippen molar-refractivity contribution in [2.24, 2.45) is 0 Å². The van der Waals surface area contributed by atoms with Gasteiger partial charge in [-0.25, -0.2) is 0 Å². The van der Waals surface area contributed by atoms with Crippen LogP contribution in [0.3, 0.4) is 0 Å². The molecular formula is C15H22N2O. The lowest BCUT2D eigenvalue weighted by Crippen LogP contribution is -2.31. The van der Waals surface area contributed by atoms with Crippen LogP contribution in [-0.4, -0.2) is 23.9 Å². The number of unbranched alkanes of at least 4 members (excludes halogenated alkanes) is 2. The van der Waals surface area contributed by atoms with Crippen molar-refractivity contribution in [1.29, 1.82) is 0 Å². The molecule has 0 bridgehead atoms. The van der Waals surface area contributed by atoms with Crippen LogP contribution in [0.25, 0.3) is 0 Å². The van der Waals surface area contributed by atoms with E-state index in [4.69, 9.17) is 0 Å². The number of aryl methyl sites for hydroxylation is 1. The maximum Gasteiger partial charge on any atom is 0.238 e. The Labute approximate surface area is 109 Å². The van der Waals surface area contributed by atoms with Crippen molar-refractivity contribution in [2.45, 2.75) is 39.3 Å². The van der Waals surface area contributed by atoms with Gasteiger partial charge in [0.15, 0.2) is 0 Å². The van der Waals surface area contributed by atoms with Crippen LogP contribution < -0.4 is 5.32 Å². The molecule has 1 aliphatic heterocycles. The summed E-state index contributed by atoms with van der Waals surface area (Å²) in [6.07, 6.45) is 3.52. The van der Waals surface area contributed by atoms with Crippen molar-refractivity contribution >= 4 is 5.91 Å². The fraction of sp³-hybridized carbons (Fsp3) is 0.533. The molecule has 1 unspecified atom stereocenters. The predicted molar refractivity (Wildman–Crippen MR) is 73.2 cm³/mol. The van der Waals surface area contributed by atoms with E-state index < -0.39 is 0 Å². The normalized spacial score (nSPS) is 19.6. The Morgan fingerprint density at radius 2 is 2.00 bits per heavy atom. The molecule has 1 N–H and O–H groups in total. The molecule has 1 fully saturated rings. The average Bonchev–Trinajstić information content (AvgIpc) is 2.73. The van der Waals surface area contributed by atoms with Crippen LogP contribution in [0.4, 0.5) is 0 Å².